The van der Waals surface area contributed by atoms with Gasteiger partial charge in [0.25, 0.3) is 5.91 Å². The first-order chi connectivity index (χ1) is 13.5. The van der Waals surface area contributed by atoms with Crippen molar-refractivity contribution in [2.24, 2.45) is 0 Å². The van der Waals surface area contributed by atoms with Crippen molar-refractivity contribution >= 4 is 34.6 Å². The van der Waals surface area contributed by atoms with Gasteiger partial charge in [0.15, 0.2) is 0 Å². The maximum absolute atomic E-state index is 12.5. The number of carbonyl (C=O) groups excluding carboxylic acids is 1. The van der Waals surface area contributed by atoms with E-state index >= 15 is 0 Å². The molecule has 0 aliphatic rings. The number of amides is 1. The Morgan fingerprint density at radius 2 is 1.79 bits per heavy atom. The van der Waals surface area contributed by atoms with Gasteiger partial charge in [-0.25, -0.2) is 4.98 Å². The van der Waals surface area contributed by atoms with E-state index in [2.05, 4.69) is 15.6 Å². The zero-order valence-electron chi connectivity index (χ0n) is 15.7. The second-order valence-electron chi connectivity index (χ2n) is 6.04. The molecule has 1 heterocycles. The number of hydrogen-bond acceptors (Lipinski definition) is 5. The van der Waals surface area contributed by atoms with Crippen molar-refractivity contribution < 1.29 is 14.3 Å². The lowest BCUT2D eigenvalue weighted by Crippen LogP contribution is -2.14. The Kier molecular flexibility index (Phi) is 6.01. The topological polar surface area (TPSA) is 72.5 Å². The van der Waals surface area contributed by atoms with E-state index in [1.807, 2.05) is 25.1 Å². The zero-order chi connectivity index (χ0) is 20.1. The Balaban J connectivity index is 1.72. The van der Waals surface area contributed by atoms with Gasteiger partial charge in [0.1, 0.15) is 17.2 Å². The van der Waals surface area contributed by atoms with Crippen LogP contribution in [0.15, 0.2) is 54.7 Å². The van der Waals surface area contributed by atoms with E-state index < -0.39 is 0 Å². The number of methoxy groups -OCH3 is 2. The van der Waals surface area contributed by atoms with Crippen molar-refractivity contribution in [2.45, 2.75) is 6.92 Å². The standard InChI is InChI=1S/C21H20ClN3O3/c1-13-4-5-14(10-17(13)22)24-15-6-8-18(23-12-15)21(26)25-19-11-16(27-2)7-9-20(19)28-3/h4-12,24H,1-3H3,(H,25,26). The molecule has 3 aromatic rings. The summed E-state index contributed by atoms with van der Waals surface area (Å²) in [5.41, 5.74) is 3.37. The summed E-state index contributed by atoms with van der Waals surface area (Å²) in [6.07, 6.45) is 1.59. The predicted molar refractivity (Wildman–Crippen MR) is 111 cm³/mol. The Hall–Kier alpha value is -3.25. The lowest BCUT2D eigenvalue weighted by Gasteiger charge is -2.12. The van der Waals surface area contributed by atoms with Crippen molar-refractivity contribution in [1.82, 2.24) is 4.98 Å². The molecule has 0 unspecified atom stereocenters. The number of hydrogen-bond donors (Lipinski definition) is 2. The minimum Gasteiger partial charge on any atom is -0.497 e. The van der Waals surface area contributed by atoms with Crippen LogP contribution in [0.5, 0.6) is 11.5 Å². The summed E-state index contributed by atoms with van der Waals surface area (Å²) in [6, 6.07) is 14.3. The van der Waals surface area contributed by atoms with Crippen LogP contribution in [0, 0.1) is 6.92 Å². The maximum atomic E-state index is 12.5. The number of nitrogens with one attached hydrogen (secondary N) is 2. The fourth-order valence-electron chi connectivity index (χ4n) is 2.54. The number of halogens is 1. The molecule has 2 aromatic carbocycles. The molecule has 0 aliphatic carbocycles. The molecule has 144 valence electrons. The Labute approximate surface area is 168 Å². The second kappa shape index (κ2) is 8.63. The van der Waals surface area contributed by atoms with Gasteiger partial charge < -0.3 is 20.1 Å². The summed E-state index contributed by atoms with van der Waals surface area (Å²) in [5, 5.41) is 6.68. The molecule has 0 aliphatic heterocycles. The van der Waals surface area contributed by atoms with E-state index in [9.17, 15) is 4.79 Å². The van der Waals surface area contributed by atoms with Crippen LogP contribution < -0.4 is 20.1 Å². The summed E-state index contributed by atoms with van der Waals surface area (Å²) >= 11 is 6.14. The number of rotatable bonds is 6. The van der Waals surface area contributed by atoms with Crippen molar-refractivity contribution in [1.29, 1.82) is 0 Å². The first kappa shape index (κ1) is 19.5. The molecule has 0 radical (unpaired) electrons. The van der Waals surface area contributed by atoms with Crippen LogP contribution in [0.2, 0.25) is 5.02 Å². The van der Waals surface area contributed by atoms with E-state index in [0.29, 0.717) is 22.2 Å². The summed E-state index contributed by atoms with van der Waals surface area (Å²) in [4.78, 5) is 16.8. The molecule has 0 saturated heterocycles. The molecule has 6 nitrogen and oxygen atoms in total. The van der Waals surface area contributed by atoms with Crippen LogP contribution in [-0.2, 0) is 0 Å². The monoisotopic (exact) mass is 397 g/mol. The number of anilines is 3. The highest BCUT2D eigenvalue weighted by molar-refractivity contribution is 6.31. The average Bonchev–Trinajstić information content (AvgIpc) is 2.71. The highest BCUT2D eigenvalue weighted by atomic mass is 35.5. The van der Waals surface area contributed by atoms with Crippen LogP contribution in [0.25, 0.3) is 0 Å². The van der Waals surface area contributed by atoms with Crippen molar-refractivity contribution in [3.05, 3.63) is 71.0 Å². The van der Waals surface area contributed by atoms with Crippen molar-refractivity contribution in [3.63, 3.8) is 0 Å². The molecular weight excluding hydrogens is 378 g/mol. The molecule has 2 N–H and O–H groups in total. The van der Waals surface area contributed by atoms with Gasteiger partial charge in [-0.3, -0.25) is 4.79 Å². The summed E-state index contributed by atoms with van der Waals surface area (Å²) in [6.45, 7) is 1.94. The van der Waals surface area contributed by atoms with E-state index in [-0.39, 0.29) is 11.6 Å². The van der Waals surface area contributed by atoms with E-state index in [0.717, 1.165) is 16.9 Å². The molecule has 0 atom stereocenters. The maximum Gasteiger partial charge on any atom is 0.274 e. The van der Waals surface area contributed by atoms with Crippen LogP contribution >= 0.6 is 11.6 Å². The zero-order valence-corrected chi connectivity index (χ0v) is 16.5. The van der Waals surface area contributed by atoms with E-state index in [1.165, 1.54) is 7.11 Å². The third-order valence-electron chi connectivity index (χ3n) is 4.11. The minimum absolute atomic E-state index is 0.275. The molecule has 0 saturated carbocycles. The van der Waals surface area contributed by atoms with Gasteiger partial charge >= 0.3 is 0 Å². The molecule has 28 heavy (non-hydrogen) atoms. The van der Waals surface area contributed by atoms with Crippen LogP contribution in [0.1, 0.15) is 16.1 Å². The predicted octanol–water partition coefficient (Wildman–Crippen LogP) is 5.06. The highest BCUT2D eigenvalue weighted by Gasteiger charge is 2.12. The van der Waals surface area contributed by atoms with Gasteiger partial charge in [-0.05, 0) is 48.9 Å². The largest absolute Gasteiger partial charge is 0.497 e. The van der Waals surface area contributed by atoms with Gasteiger partial charge in [0.2, 0.25) is 0 Å². The highest BCUT2D eigenvalue weighted by Crippen LogP contribution is 2.29. The summed E-state index contributed by atoms with van der Waals surface area (Å²) in [7, 11) is 3.09. The number of pyridine rings is 1. The number of carbonyl (C=O) groups is 1. The average molecular weight is 398 g/mol. The molecule has 7 heteroatoms. The minimum atomic E-state index is -0.350. The van der Waals surface area contributed by atoms with E-state index in [4.69, 9.17) is 21.1 Å². The third-order valence-corrected chi connectivity index (χ3v) is 4.52. The summed E-state index contributed by atoms with van der Waals surface area (Å²) in [5.74, 6) is 0.792. The smallest absolute Gasteiger partial charge is 0.274 e. The second-order valence-corrected chi connectivity index (χ2v) is 6.45. The van der Waals surface area contributed by atoms with Gasteiger partial charge in [-0.2, -0.15) is 0 Å². The Morgan fingerprint density at radius 3 is 2.43 bits per heavy atom. The van der Waals surface area contributed by atoms with Gasteiger partial charge in [-0.15, -0.1) is 0 Å². The Morgan fingerprint density at radius 1 is 1.00 bits per heavy atom. The number of aromatic nitrogens is 1. The third kappa shape index (κ3) is 4.53. The fraction of sp³-hybridized carbons (Fsp3) is 0.143. The molecule has 0 fully saturated rings. The lowest BCUT2D eigenvalue weighted by atomic mass is 10.2. The quantitative estimate of drug-likeness (QED) is 0.608. The van der Waals surface area contributed by atoms with Crippen LogP contribution in [0.4, 0.5) is 17.1 Å². The van der Waals surface area contributed by atoms with E-state index in [1.54, 1.807) is 43.6 Å². The van der Waals surface area contributed by atoms with Crippen molar-refractivity contribution in [3.8, 4) is 11.5 Å². The first-order valence-electron chi connectivity index (χ1n) is 8.53. The molecule has 1 aromatic heterocycles. The molecule has 0 spiro atoms. The first-order valence-corrected chi connectivity index (χ1v) is 8.90. The SMILES string of the molecule is COc1ccc(OC)c(NC(=O)c2ccc(Nc3ccc(C)c(Cl)c3)cn2)c1. The van der Waals surface area contributed by atoms with Gasteiger partial charge in [-0.1, -0.05) is 17.7 Å². The lowest BCUT2D eigenvalue weighted by molar-refractivity contribution is 0.102. The summed E-state index contributed by atoms with van der Waals surface area (Å²) < 4.78 is 10.5. The normalized spacial score (nSPS) is 10.3. The number of benzene rings is 2. The molecule has 1 amide bonds. The molecule has 3 rings (SSSR count). The number of ether oxygens (including phenoxy) is 2. The number of aryl methyl sites for hydroxylation is 1. The fourth-order valence-corrected chi connectivity index (χ4v) is 2.72. The molecule has 0 bridgehead atoms. The van der Waals surface area contributed by atoms with Crippen LogP contribution in [-0.4, -0.2) is 25.1 Å². The van der Waals surface area contributed by atoms with Gasteiger partial charge in [0, 0.05) is 16.8 Å². The molecular formula is C21H20ClN3O3. The van der Waals surface area contributed by atoms with Gasteiger partial charge in [0.05, 0.1) is 31.8 Å². The van der Waals surface area contributed by atoms with Crippen molar-refractivity contribution in [2.75, 3.05) is 24.9 Å². The Bertz CT molecular complexity index is 991. The van der Waals surface area contributed by atoms with Crippen LogP contribution in [0.3, 0.4) is 0 Å². The number of nitrogens with zero attached hydrogens (tertiary/aromatic N) is 1.